The summed E-state index contributed by atoms with van der Waals surface area (Å²) < 4.78 is 5.74. The van der Waals surface area contributed by atoms with E-state index in [1.807, 2.05) is 56.6 Å². The molecule has 0 radical (unpaired) electrons. The first-order chi connectivity index (χ1) is 12.9. The van der Waals surface area contributed by atoms with Crippen LogP contribution in [0.4, 0.5) is 0 Å². The van der Waals surface area contributed by atoms with Gasteiger partial charge in [-0.25, -0.2) is 0 Å². The Kier molecular flexibility index (Phi) is 13.2. The van der Waals surface area contributed by atoms with E-state index in [0.29, 0.717) is 13.2 Å². The predicted molar refractivity (Wildman–Crippen MR) is 127 cm³/mol. The molecule has 2 rings (SSSR count). The lowest BCUT2D eigenvalue weighted by molar-refractivity contribution is 0.159. The molecule has 29 heavy (non-hydrogen) atoms. The normalized spacial score (nSPS) is 12.1. The number of aliphatic hydroxyl groups is 1. The summed E-state index contributed by atoms with van der Waals surface area (Å²) in [5, 5.41) is 13.8. The van der Waals surface area contributed by atoms with Gasteiger partial charge in [0.1, 0.15) is 12.4 Å². The highest BCUT2D eigenvalue weighted by Gasteiger charge is 2.19. The summed E-state index contributed by atoms with van der Waals surface area (Å²) in [6.07, 6.45) is 1.50. The average Bonchev–Trinajstić information content (AvgIpc) is 2.66. The van der Waals surface area contributed by atoms with Gasteiger partial charge in [0, 0.05) is 18.6 Å². The highest BCUT2D eigenvalue weighted by Crippen LogP contribution is 2.18. The van der Waals surface area contributed by atoms with Gasteiger partial charge >= 0.3 is 0 Å². The van der Waals surface area contributed by atoms with Gasteiger partial charge < -0.3 is 20.1 Å². The van der Waals surface area contributed by atoms with Crippen molar-refractivity contribution in [1.29, 1.82) is 0 Å². The zero-order valence-electron chi connectivity index (χ0n) is 17.9. The minimum absolute atomic E-state index is 0. The number of halogens is 2. The van der Waals surface area contributed by atoms with Gasteiger partial charge in [-0.05, 0) is 64.0 Å². The second kappa shape index (κ2) is 13.8. The molecule has 0 aliphatic heterocycles. The van der Waals surface area contributed by atoms with E-state index >= 15 is 0 Å². The fourth-order valence-corrected chi connectivity index (χ4v) is 2.81. The third kappa shape index (κ3) is 10.9. The topological polar surface area (TPSA) is 44.7 Å². The van der Waals surface area contributed by atoms with Crippen molar-refractivity contribution in [2.24, 2.45) is 0 Å². The fraction of sp³-hybridized carbons (Fsp3) is 0.478. The molecule has 0 aromatic heterocycles. The van der Waals surface area contributed by atoms with Crippen LogP contribution in [0.15, 0.2) is 54.6 Å². The fourth-order valence-electron chi connectivity index (χ4n) is 2.81. The molecule has 1 unspecified atom stereocenters. The summed E-state index contributed by atoms with van der Waals surface area (Å²) in [7, 11) is 4.09. The molecule has 2 aromatic carbocycles. The smallest absolute Gasteiger partial charge is 0.119 e. The second-order valence-electron chi connectivity index (χ2n) is 7.99. The molecule has 0 amide bonds. The highest BCUT2D eigenvalue weighted by atomic mass is 35.5. The van der Waals surface area contributed by atoms with Gasteiger partial charge in [0.25, 0.3) is 0 Å². The van der Waals surface area contributed by atoms with Crippen LogP contribution < -0.4 is 10.1 Å². The summed E-state index contributed by atoms with van der Waals surface area (Å²) in [5.74, 6) is 0.920. The van der Waals surface area contributed by atoms with Gasteiger partial charge in [-0.15, -0.1) is 24.8 Å². The summed E-state index contributed by atoms with van der Waals surface area (Å²) in [6, 6.07) is 18.2. The number of nitrogens with zero attached hydrogens (tertiary/aromatic N) is 1. The molecular weight excluding hydrogens is 407 g/mol. The first-order valence-corrected chi connectivity index (χ1v) is 9.70. The van der Waals surface area contributed by atoms with Gasteiger partial charge in [0.15, 0.2) is 0 Å². The van der Waals surface area contributed by atoms with Gasteiger partial charge in [0.2, 0.25) is 0 Å². The molecule has 2 aromatic rings. The van der Waals surface area contributed by atoms with Crippen LogP contribution in [0.2, 0.25) is 0 Å². The van der Waals surface area contributed by atoms with E-state index in [1.165, 1.54) is 5.56 Å². The van der Waals surface area contributed by atoms with E-state index in [9.17, 15) is 5.11 Å². The number of aryl methyl sites for hydroxylation is 1. The van der Waals surface area contributed by atoms with Crippen molar-refractivity contribution in [2.75, 3.05) is 33.8 Å². The Morgan fingerprint density at radius 2 is 1.62 bits per heavy atom. The van der Waals surface area contributed by atoms with Crippen LogP contribution in [0.1, 0.15) is 37.5 Å². The van der Waals surface area contributed by atoms with E-state index < -0.39 is 6.10 Å². The maximum absolute atomic E-state index is 10.3. The standard InChI is InChI=1S/C23H34N2O2.2ClH/c1-23(2,24-18-22(26)20-8-6-5-7-9-20)15-14-19-10-12-21(13-11-19)27-17-16-25(3)4;;/h5-13,22,24,26H,14-18H2,1-4H3;2*1H. The summed E-state index contributed by atoms with van der Waals surface area (Å²) in [6.45, 7) is 6.53. The minimum atomic E-state index is -0.482. The van der Waals surface area contributed by atoms with Crippen molar-refractivity contribution >= 4 is 24.8 Å². The number of hydrogen-bond acceptors (Lipinski definition) is 4. The van der Waals surface area contributed by atoms with Crippen molar-refractivity contribution in [3.63, 3.8) is 0 Å². The average molecular weight is 443 g/mol. The molecule has 0 spiro atoms. The van der Waals surface area contributed by atoms with Crippen LogP contribution in [0.25, 0.3) is 0 Å². The summed E-state index contributed by atoms with van der Waals surface area (Å²) in [4.78, 5) is 2.11. The Morgan fingerprint density at radius 3 is 2.21 bits per heavy atom. The molecule has 0 bridgehead atoms. The van der Waals surface area contributed by atoms with Gasteiger partial charge in [-0.3, -0.25) is 0 Å². The maximum Gasteiger partial charge on any atom is 0.119 e. The second-order valence-corrected chi connectivity index (χ2v) is 7.99. The summed E-state index contributed by atoms with van der Waals surface area (Å²) >= 11 is 0. The van der Waals surface area contributed by atoms with Crippen molar-refractivity contribution in [3.8, 4) is 5.75 Å². The first-order valence-electron chi connectivity index (χ1n) is 9.70. The largest absolute Gasteiger partial charge is 0.492 e. The molecule has 6 heteroatoms. The van der Waals surface area contributed by atoms with Crippen LogP contribution in [0, 0.1) is 0 Å². The monoisotopic (exact) mass is 442 g/mol. The van der Waals surface area contributed by atoms with E-state index in [4.69, 9.17) is 4.74 Å². The van der Waals surface area contributed by atoms with E-state index in [1.54, 1.807) is 0 Å². The Bertz CT molecular complexity index is 664. The molecule has 4 nitrogen and oxygen atoms in total. The molecule has 0 aliphatic carbocycles. The van der Waals surface area contributed by atoms with E-state index in [-0.39, 0.29) is 30.4 Å². The zero-order chi connectivity index (χ0) is 19.7. The number of β-amino-alcohol motifs (C(OH)–C–C–N with tert-alkyl or cyclic N) is 1. The third-order valence-electron chi connectivity index (χ3n) is 4.73. The predicted octanol–water partition coefficient (Wildman–Crippen LogP) is 4.51. The lowest BCUT2D eigenvalue weighted by atomic mass is 9.94. The van der Waals surface area contributed by atoms with E-state index in [0.717, 1.165) is 30.7 Å². The number of nitrogens with one attached hydrogen (secondary N) is 1. The van der Waals surface area contributed by atoms with Crippen LogP contribution >= 0.6 is 24.8 Å². The Balaban J connectivity index is 0.00000392. The Labute approximate surface area is 188 Å². The summed E-state index contributed by atoms with van der Waals surface area (Å²) in [5.41, 5.74) is 2.20. The molecule has 0 saturated carbocycles. The van der Waals surface area contributed by atoms with Gasteiger partial charge in [0.05, 0.1) is 6.10 Å². The molecule has 0 saturated heterocycles. The van der Waals surface area contributed by atoms with Gasteiger partial charge in [-0.1, -0.05) is 42.5 Å². The number of likely N-dealkylation sites (N-methyl/N-ethyl adjacent to an activating group) is 1. The molecule has 0 heterocycles. The molecule has 2 N–H and O–H groups in total. The van der Waals surface area contributed by atoms with E-state index in [2.05, 4.69) is 36.2 Å². The highest BCUT2D eigenvalue weighted by molar-refractivity contribution is 5.85. The van der Waals surface area contributed by atoms with Crippen LogP contribution in [-0.2, 0) is 6.42 Å². The van der Waals surface area contributed by atoms with Crippen molar-refractivity contribution in [2.45, 2.75) is 38.3 Å². The number of ether oxygens (including phenoxy) is 1. The Hall–Kier alpha value is -1.30. The van der Waals surface area contributed by atoms with Crippen molar-refractivity contribution in [1.82, 2.24) is 10.2 Å². The lowest BCUT2D eigenvalue weighted by Crippen LogP contribution is -2.41. The SMILES string of the molecule is CN(C)CCOc1ccc(CCC(C)(C)NCC(O)c2ccccc2)cc1.Cl.Cl. The quantitative estimate of drug-likeness (QED) is 0.537. The maximum atomic E-state index is 10.3. The van der Waals surface area contributed by atoms with Crippen LogP contribution in [0.3, 0.4) is 0 Å². The molecular formula is C23H36Cl2N2O2. The number of hydrogen-bond donors (Lipinski definition) is 2. The minimum Gasteiger partial charge on any atom is -0.492 e. The first kappa shape index (κ1) is 27.7. The number of benzene rings is 2. The number of aliphatic hydroxyl groups excluding tert-OH is 1. The van der Waals surface area contributed by atoms with Crippen molar-refractivity contribution < 1.29 is 9.84 Å². The van der Waals surface area contributed by atoms with Gasteiger partial charge in [-0.2, -0.15) is 0 Å². The van der Waals surface area contributed by atoms with Crippen molar-refractivity contribution in [3.05, 3.63) is 65.7 Å². The van der Waals surface area contributed by atoms with Crippen LogP contribution in [-0.4, -0.2) is 49.3 Å². The molecule has 1 atom stereocenters. The lowest BCUT2D eigenvalue weighted by Gasteiger charge is -2.28. The molecule has 164 valence electrons. The molecule has 0 aliphatic rings. The van der Waals surface area contributed by atoms with Crippen LogP contribution in [0.5, 0.6) is 5.75 Å². The Morgan fingerprint density at radius 1 is 1.00 bits per heavy atom. The number of rotatable bonds is 11. The zero-order valence-corrected chi connectivity index (χ0v) is 19.6. The molecule has 0 fully saturated rings. The third-order valence-corrected chi connectivity index (χ3v) is 4.73.